The number of aromatic nitrogens is 2. The summed E-state index contributed by atoms with van der Waals surface area (Å²) in [6.45, 7) is 2.93. The lowest BCUT2D eigenvalue weighted by Crippen LogP contribution is -2.42. The molecule has 0 aliphatic heterocycles. The summed E-state index contributed by atoms with van der Waals surface area (Å²) in [5.74, 6) is -2.50. The Morgan fingerprint density at radius 2 is 1.68 bits per heavy atom. The Bertz CT molecular complexity index is 709. The summed E-state index contributed by atoms with van der Waals surface area (Å²) in [4.78, 5) is 30.9. The molecule has 0 bridgehead atoms. The summed E-state index contributed by atoms with van der Waals surface area (Å²) in [6, 6.07) is 3.50. The summed E-state index contributed by atoms with van der Waals surface area (Å²) in [6.07, 6.45) is 0.880. The fraction of sp³-hybridized carbons (Fsp3) is 0.143. The first kappa shape index (κ1) is 15.5. The topological polar surface area (TPSA) is 84.0 Å². The maximum Gasteiger partial charge on any atom is 0.288 e. The average Bonchev–Trinajstić information content (AvgIpc) is 2.50. The Labute approximate surface area is 124 Å². The van der Waals surface area contributed by atoms with E-state index in [2.05, 4.69) is 20.8 Å². The molecule has 6 nitrogen and oxygen atoms in total. The lowest BCUT2D eigenvalue weighted by atomic mass is 10.2. The number of halogens is 2. The van der Waals surface area contributed by atoms with Crippen molar-refractivity contribution in [3.8, 4) is 0 Å². The third-order valence-electron chi connectivity index (χ3n) is 2.79. The molecule has 0 fully saturated rings. The van der Waals surface area contributed by atoms with Gasteiger partial charge in [0, 0.05) is 0 Å². The van der Waals surface area contributed by atoms with Crippen molar-refractivity contribution in [1.82, 2.24) is 20.8 Å². The van der Waals surface area contributed by atoms with Gasteiger partial charge in [-0.25, -0.2) is 18.7 Å². The summed E-state index contributed by atoms with van der Waals surface area (Å²) < 4.78 is 26.1. The third-order valence-corrected chi connectivity index (χ3v) is 2.79. The largest absolute Gasteiger partial charge is 0.288 e. The standard InChI is InChI=1S/C14H12F2N4O2/c1-7-5-11(18-8(2)12(7)16)14(22)20-19-13(21)10-4-3-9(15)6-17-10/h3-6H,1-2H3,(H,19,21)(H,20,22). The Hall–Kier alpha value is -2.90. The zero-order valence-electron chi connectivity index (χ0n) is 11.8. The molecule has 0 aliphatic carbocycles. The van der Waals surface area contributed by atoms with Crippen LogP contribution < -0.4 is 10.9 Å². The number of nitrogens with zero attached hydrogens (tertiary/aromatic N) is 2. The Balaban J connectivity index is 2.04. The lowest BCUT2D eigenvalue weighted by Gasteiger charge is -2.08. The highest BCUT2D eigenvalue weighted by molar-refractivity contribution is 5.97. The van der Waals surface area contributed by atoms with Crippen LogP contribution in [-0.4, -0.2) is 21.8 Å². The number of amides is 2. The minimum absolute atomic E-state index is 0.0382. The van der Waals surface area contributed by atoms with Gasteiger partial charge in [0.05, 0.1) is 11.9 Å². The SMILES string of the molecule is Cc1cc(C(=O)NNC(=O)c2ccc(F)cn2)nc(C)c1F. The van der Waals surface area contributed by atoms with E-state index in [1.54, 1.807) is 0 Å². The summed E-state index contributed by atoms with van der Waals surface area (Å²) >= 11 is 0. The molecule has 2 amide bonds. The molecule has 2 N–H and O–H groups in total. The van der Waals surface area contributed by atoms with Crippen molar-refractivity contribution in [3.63, 3.8) is 0 Å². The number of hydrazine groups is 1. The van der Waals surface area contributed by atoms with Gasteiger partial charge < -0.3 is 0 Å². The van der Waals surface area contributed by atoms with Gasteiger partial charge in [0.1, 0.15) is 23.0 Å². The first-order valence-corrected chi connectivity index (χ1v) is 6.24. The van der Waals surface area contributed by atoms with Gasteiger partial charge in [-0.15, -0.1) is 0 Å². The molecule has 2 aromatic rings. The highest BCUT2D eigenvalue weighted by Crippen LogP contribution is 2.10. The molecule has 0 atom stereocenters. The summed E-state index contributed by atoms with van der Waals surface area (Å²) in [5.41, 5.74) is 4.48. The van der Waals surface area contributed by atoms with Gasteiger partial charge in [0.25, 0.3) is 11.8 Å². The predicted molar refractivity (Wildman–Crippen MR) is 72.8 cm³/mol. The van der Waals surface area contributed by atoms with E-state index in [0.29, 0.717) is 0 Å². The summed E-state index contributed by atoms with van der Waals surface area (Å²) in [5, 5.41) is 0. The van der Waals surface area contributed by atoms with Crippen molar-refractivity contribution in [2.75, 3.05) is 0 Å². The van der Waals surface area contributed by atoms with Gasteiger partial charge in [0.2, 0.25) is 0 Å². The molecule has 2 aromatic heterocycles. The van der Waals surface area contributed by atoms with Crippen LogP contribution in [0.2, 0.25) is 0 Å². The fourth-order valence-electron chi connectivity index (χ4n) is 1.68. The number of hydrogen-bond donors (Lipinski definition) is 2. The minimum Gasteiger partial charge on any atom is -0.266 e. The van der Waals surface area contributed by atoms with Crippen molar-refractivity contribution in [3.05, 3.63) is 58.7 Å². The second-order valence-corrected chi connectivity index (χ2v) is 4.49. The smallest absolute Gasteiger partial charge is 0.266 e. The van der Waals surface area contributed by atoms with Crippen LogP contribution in [0.4, 0.5) is 8.78 Å². The van der Waals surface area contributed by atoms with Crippen LogP contribution in [0.5, 0.6) is 0 Å². The first-order chi connectivity index (χ1) is 10.4. The van der Waals surface area contributed by atoms with Crippen molar-refractivity contribution >= 4 is 11.8 Å². The van der Waals surface area contributed by atoms with Crippen molar-refractivity contribution in [2.24, 2.45) is 0 Å². The molecule has 0 spiro atoms. The highest BCUT2D eigenvalue weighted by Gasteiger charge is 2.14. The van der Waals surface area contributed by atoms with Crippen LogP contribution in [-0.2, 0) is 0 Å². The Kier molecular flexibility index (Phi) is 4.40. The van der Waals surface area contributed by atoms with Gasteiger partial charge in [-0.3, -0.25) is 20.4 Å². The second-order valence-electron chi connectivity index (χ2n) is 4.49. The Morgan fingerprint density at radius 3 is 2.23 bits per heavy atom. The van der Waals surface area contributed by atoms with E-state index in [-0.39, 0.29) is 22.6 Å². The van der Waals surface area contributed by atoms with Crippen LogP contribution in [0.1, 0.15) is 32.2 Å². The molecule has 2 rings (SSSR count). The molecule has 0 aromatic carbocycles. The zero-order chi connectivity index (χ0) is 16.3. The number of nitrogens with one attached hydrogen (secondary N) is 2. The molecule has 0 saturated heterocycles. The lowest BCUT2D eigenvalue weighted by molar-refractivity contribution is 0.0841. The van der Waals surface area contributed by atoms with Crippen molar-refractivity contribution < 1.29 is 18.4 Å². The number of carbonyl (C=O) groups excluding carboxylic acids is 2. The molecule has 0 aliphatic rings. The van der Waals surface area contributed by atoms with E-state index in [1.807, 2.05) is 0 Å². The quantitative estimate of drug-likeness (QED) is 0.823. The van der Waals surface area contributed by atoms with E-state index in [1.165, 1.54) is 26.0 Å². The molecule has 0 radical (unpaired) electrons. The van der Waals surface area contributed by atoms with Crippen LogP contribution in [0.15, 0.2) is 24.4 Å². The van der Waals surface area contributed by atoms with E-state index < -0.39 is 23.4 Å². The van der Waals surface area contributed by atoms with Gasteiger partial charge in [0.15, 0.2) is 0 Å². The number of hydrogen-bond acceptors (Lipinski definition) is 4. The first-order valence-electron chi connectivity index (χ1n) is 6.24. The fourth-order valence-corrected chi connectivity index (χ4v) is 1.68. The molecule has 0 unspecified atom stereocenters. The highest BCUT2D eigenvalue weighted by atomic mass is 19.1. The van der Waals surface area contributed by atoms with Gasteiger partial charge in [-0.05, 0) is 37.6 Å². The molecule has 0 saturated carbocycles. The van der Waals surface area contributed by atoms with Crippen LogP contribution >= 0.6 is 0 Å². The zero-order valence-corrected chi connectivity index (χ0v) is 11.8. The normalized spacial score (nSPS) is 10.2. The van der Waals surface area contributed by atoms with Crippen LogP contribution in [0.25, 0.3) is 0 Å². The van der Waals surface area contributed by atoms with Crippen molar-refractivity contribution in [2.45, 2.75) is 13.8 Å². The van der Waals surface area contributed by atoms with Gasteiger partial charge >= 0.3 is 0 Å². The maximum atomic E-state index is 13.4. The van der Waals surface area contributed by atoms with E-state index >= 15 is 0 Å². The van der Waals surface area contributed by atoms with E-state index in [9.17, 15) is 18.4 Å². The predicted octanol–water partition coefficient (Wildman–Crippen LogP) is 1.45. The minimum atomic E-state index is -0.719. The average molecular weight is 306 g/mol. The number of rotatable bonds is 2. The Morgan fingerprint density at radius 1 is 1.05 bits per heavy atom. The molecule has 2 heterocycles. The van der Waals surface area contributed by atoms with E-state index in [0.717, 1.165) is 12.3 Å². The van der Waals surface area contributed by atoms with Crippen LogP contribution in [0, 0.1) is 25.5 Å². The summed E-state index contributed by atoms with van der Waals surface area (Å²) in [7, 11) is 0. The third kappa shape index (κ3) is 3.40. The number of pyridine rings is 2. The number of carbonyl (C=O) groups is 2. The molecular formula is C14H12F2N4O2. The van der Waals surface area contributed by atoms with E-state index in [4.69, 9.17) is 0 Å². The van der Waals surface area contributed by atoms with Gasteiger partial charge in [-0.1, -0.05) is 0 Å². The van der Waals surface area contributed by atoms with Crippen LogP contribution in [0.3, 0.4) is 0 Å². The monoisotopic (exact) mass is 306 g/mol. The molecular weight excluding hydrogens is 294 g/mol. The van der Waals surface area contributed by atoms with Crippen molar-refractivity contribution in [1.29, 1.82) is 0 Å². The maximum absolute atomic E-state index is 13.4. The van der Waals surface area contributed by atoms with Gasteiger partial charge in [-0.2, -0.15) is 0 Å². The number of aryl methyl sites for hydroxylation is 2. The second kappa shape index (κ2) is 6.25. The molecule has 22 heavy (non-hydrogen) atoms. The molecule has 114 valence electrons. The molecule has 8 heteroatoms.